The molecule has 0 fully saturated rings. The summed E-state index contributed by atoms with van der Waals surface area (Å²) >= 11 is 0. The van der Waals surface area contributed by atoms with Crippen molar-refractivity contribution in [2.45, 2.75) is 65.5 Å². The Kier molecular flexibility index (Phi) is 11.4. The van der Waals surface area contributed by atoms with Gasteiger partial charge in [0.1, 0.15) is 18.3 Å². The molecule has 9 heteroatoms. The van der Waals surface area contributed by atoms with Crippen LogP contribution in [0.15, 0.2) is 48.5 Å². The van der Waals surface area contributed by atoms with Crippen molar-refractivity contribution < 1.29 is 22.7 Å². The maximum atomic E-state index is 13.8. The lowest BCUT2D eigenvalue weighted by atomic mass is 10.0. The highest BCUT2D eigenvalue weighted by Crippen LogP contribution is 2.23. The van der Waals surface area contributed by atoms with Gasteiger partial charge in [-0.15, -0.1) is 0 Å². The van der Waals surface area contributed by atoms with Crippen molar-refractivity contribution in [1.82, 2.24) is 10.2 Å². The molecule has 1 N–H and O–H groups in total. The molecule has 0 saturated heterocycles. The molecule has 37 heavy (non-hydrogen) atoms. The Morgan fingerprint density at radius 3 is 2.27 bits per heavy atom. The van der Waals surface area contributed by atoms with Gasteiger partial charge in [0, 0.05) is 13.1 Å². The van der Waals surface area contributed by atoms with E-state index in [4.69, 9.17) is 4.74 Å². The summed E-state index contributed by atoms with van der Waals surface area (Å²) < 4.78 is 31.9. The maximum absolute atomic E-state index is 13.8. The van der Waals surface area contributed by atoms with Gasteiger partial charge in [0.05, 0.1) is 19.1 Å². The van der Waals surface area contributed by atoms with Crippen molar-refractivity contribution >= 4 is 27.5 Å². The SMILES string of the molecule is CCCCNC(=O)[C@H](CC)N(Cc1cccc(OC)c1)C(=O)CN(c1ccc(C(C)C)cc1)S(C)(=O)=O. The molecular weight excluding hydrogens is 490 g/mol. The number of rotatable bonds is 14. The number of anilines is 1. The van der Waals surface area contributed by atoms with Crippen molar-refractivity contribution in [3.8, 4) is 5.75 Å². The fraction of sp³-hybridized carbons (Fsp3) is 0.500. The van der Waals surface area contributed by atoms with Crippen LogP contribution < -0.4 is 14.4 Å². The van der Waals surface area contributed by atoms with Gasteiger partial charge >= 0.3 is 0 Å². The van der Waals surface area contributed by atoms with Gasteiger partial charge in [-0.05, 0) is 54.2 Å². The first-order chi connectivity index (χ1) is 17.5. The third-order valence-corrected chi connectivity index (χ3v) is 7.37. The van der Waals surface area contributed by atoms with Crippen LogP contribution in [0.1, 0.15) is 64.0 Å². The van der Waals surface area contributed by atoms with E-state index in [1.54, 1.807) is 31.4 Å². The minimum Gasteiger partial charge on any atom is -0.497 e. The van der Waals surface area contributed by atoms with Crippen LogP contribution >= 0.6 is 0 Å². The van der Waals surface area contributed by atoms with Gasteiger partial charge in [0.25, 0.3) is 0 Å². The van der Waals surface area contributed by atoms with Crippen molar-refractivity contribution in [3.05, 3.63) is 59.7 Å². The zero-order valence-corrected chi connectivity index (χ0v) is 23.7. The molecule has 0 aromatic heterocycles. The molecule has 0 spiro atoms. The van der Waals surface area contributed by atoms with Crippen LogP contribution in [0, 0.1) is 0 Å². The molecule has 0 heterocycles. The van der Waals surface area contributed by atoms with Gasteiger partial charge in [0.15, 0.2) is 0 Å². The number of benzene rings is 2. The number of nitrogens with zero attached hydrogens (tertiary/aromatic N) is 2. The average Bonchev–Trinajstić information content (AvgIpc) is 2.86. The standard InChI is InChI=1S/C28H41N3O5S/c1-7-9-17-29-28(33)26(8-2)30(19-22-11-10-12-25(18-22)36-5)27(32)20-31(37(6,34)35)24-15-13-23(14-16-24)21(3)4/h10-16,18,21,26H,7-9,17,19-20H2,1-6H3,(H,29,33)/t26-/m0/s1. The Bertz CT molecular complexity index is 1130. The van der Waals surface area contributed by atoms with E-state index >= 15 is 0 Å². The van der Waals surface area contributed by atoms with Crippen LogP contribution in [0.25, 0.3) is 0 Å². The minimum atomic E-state index is -3.77. The quantitative estimate of drug-likeness (QED) is 0.367. The van der Waals surface area contributed by atoms with Gasteiger partial charge < -0.3 is 15.0 Å². The Morgan fingerprint density at radius 1 is 1.05 bits per heavy atom. The Labute approximate surface area is 222 Å². The summed E-state index contributed by atoms with van der Waals surface area (Å²) in [6.45, 7) is 8.23. The van der Waals surface area contributed by atoms with E-state index < -0.39 is 28.5 Å². The van der Waals surface area contributed by atoms with Crippen molar-refractivity contribution in [2.75, 3.05) is 30.8 Å². The van der Waals surface area contributed by atoms with Crippen LogP contribution in [0.4, 0.5) is 5.69 Å². The van der Waals surface area contributed by atoms with E-state index in [1.165, 1.54) is 4.90 Å². The van der Waals surface area contributed by atoms with Crippen LogP contribution in [-0.4, -0.2) is 57.6 Å². The smallest absolute Gasteiger partial charge is 0.244 e. The molecule has 2 rings (SSSR count). The number of hydrogen-bond acceptors (Lipinski definition) is 5. The number of hydrogen-bond donors (Lipinski definition) is 1. The Morgan fingerprint density at radius 2 is 1.73 bits per heavy atom. The highest BCUT2D eigenvalue weighted by Gasteiger charge is 2.31. The van der Waals surface area contributed by atoms with E-state index in [0.717, 1.165) is 34.5 Å². The predicted molar refractivity (Wildman–Crippen MR) is 148 cm³/mol. The van der Waals surface area contributed by atoms with Crippen LogP contribution in [-0.2, 0) is 26.2 Å². The summed E-state index contributed by atoms with van der Waals surface area (Å²) in [5, 5.41) is 2.92. The zero-order chi connectivity index (χ0) is 27.6. The summed E-state index contributed by atoms with van der Waals surface area (Å²) in [6.07, 6.45) is 3.23. The summed E-state index contributed by atoms with van der Waals surface area (Å²) in [4.78, 5) is 28.3. The Hall–Kier alpha value is -3.07. The monoisotopic (exact) mass is 531 g/mol. The second kappa shape index (κ2) is 14.0. The van der Waals surface area contributed by atoms with Gasteiger partial charge in [-0.1, -0.05) is 58.4 Å². The lowest BCUT2D eigenvalue weighted by Gasteiger charge is -2.33. The number of sulfonamides is 1. The highest BCUT2D eigenvalue weighted by atomic mass is 32.2. The van der Waals surface area contributed by atoms with Crippen molar-refractivity contribution in [2.24, 2.45) is 0 Å². The third kappa shape index (κ3) is 8.77. The third-order valence-electron chi connectivity index (χ3n) is 6.23. The molecule has 2 aromatic carbocycles. The molecule has 0 radical (unpaired) electrons. The molecule has 0 saturated carbocycles. The normalized spacial score (nSPS) is 12.2. The molecule has 0 unspecified atom stereocenters. The molecule has 8 nitrogen and oxygen atoms in total. The molecule has 0 bridgehead atoms. The predicted octanol–water partition coefficient (Wildman–Crippen LogP) is 4.31. The molecule has 0 aliphatic carbocycles. The molecule has 2 amide bonds. The molecule has 0 aliphatic heterocycles. The van der Waals surface area contributed by atoms with Crippen LogP contribution in [0.5, 0.6) is 5.75 Å². The summed E-state index contributed by atoms with van der Waals surface area (Å²) in [7, 11) is -2.21. The molecule has 2 aromatic rings. The zero-order valence-electron chi connectivity index (χ0n) is 22.9. The second-order valence-electron chi connectivity index (χ2n) is 9.46. The van der Waals surface area contributed by atoms with E-state index in [0.29, 0.717) is 24.4 Å². The van der Waals surface area contributed by atoms with E-state index in [-0.39, 0.29) is 18.4 Å². The summed E-state index contributed by atoms with van der Waals surface area (Å²) in [5.41, 5.74) is 2.25. The number of methoxy groups -OCH3 is 1. The minimum absolute atomic E-state index is 0.139. The number of nitrogens with one attached hydrogen (secondary N) is 1. The number of ether oxygens (including phenoxy) is 1. The van der Waals surface area contributed by atoms with Gasteiger partial charge in [0.2, 0.25) is 21.8 Å². The van der Waals surface area contributed by atoms with E-state index in [9.17, 15) is 18.0 Å². The molecule has 0 aliphatic rings. The first-order valence-electron chi connectivity index (χ1n) is 12.8. The maximum Gasteiger partial charge on any atom is 0.244 e. The molecule has 204 valence electrons. The van der Waals surface area contributed by atoms with Crippen LogP contribution in [0.2, 0.25) is 0 Å². The topological polar surface area (TPSA) is 96.0 Å². The van der Waals surface area contributed by atoms with Gasteiger partial charge in [-0.25, -0.2) is 8.42 Å². The van der Waals surface area contributed by atoms with Crippen molar-refractivity contribution in [3.63, 3.8) is 0 Å². The lowest BCUT2D eigenvalue weighted by molar-refractivity contribution is -0.140. The number of carbonyl (C=O) groups is 2. The summed E-state index contributed by atoms with van der Waals surface area (Å²) in [6, 6.07) is 13.7. The van der Waals surface area contributed by atoms with E-state index in [1.807, 2.05) is 38.1 Å². The molecule has 1 atom stereocenters. The Balaban J connectivity index is 2.42. The number of carbonyl (C=O) groups excluding carboxylic acids is 2. The van der Waals surface area contributed by atoms with Crippen LogP contribution in [0.3, 0.4) is 0 Å². The van der Waals surface area contributed by atoms with E-state index in [2.05, 4.69) is 19.2 Å². The summed E-state index contributed by atoms with van der Waals surface area (Å²) in [5.74, 6) is 0.212. The van der Waals surface area contributed by atoms with Crippen molar-refractivity contribution in [1.29, 1.82) is 0 Å². The first-order valence-corrected chi connectivity index (χ1v) is 14.6. The number of unbranched alkanes of at least 4 members (excludes halogenated alkanes) is 1. The average molecular weight is 532 g/mol. The largest absolute Gasteiger partial charge is 0.497 e. The first kappa shape index (κ1) is 30.2. The van der Waals surface area contributed by atoms with Gasteiger partial charge in [-0.2, -0.15) is 0 Å². The fourth-order valence-corrected chi connectivity index (χ4v) is 4.88. The second-order valence-corrected chi connectivity index (χ2v) is 11.4. The van der Waals surface area contributed by atoms with Gasteiger partial charge in [-0.3, -0.25) is 13.9 Å². The lowest BCUT2D eigenvalue weighted by Crippen LogP contribution is -2.52. The number of amides is 2. The highest BCUT2D eigenvalue weighted by molar-refractivity contribution is 7.92. The fourth-order valence-electron chi connectivity index (χ4n) is 4.03. The molecular formula is C28H41N3O5S.